The molecule has 0 saturated carbocycles. The minimum Gasteiger partial charge on any atom is -0.296 e. The van der Waals surface area contributed by atoms with Crippen LogP contribution in [0.5, 0.6) is 0 Å². The number of Topliss-reactive ketones (excluding diaryl/α,β-unsaturated/α-hetero) is 1. The van der Waals surface area contributed by atoms with Crippen molar-refractivity contribution >= 4 is 5.78 Å². The Labute approximate surface area is 142 Å². The number of hydrogen-bond donors (Lipinski definition) is 0. The van der Waals surface area contributed by atoms with Gasteiger partial charge in [0.15, 0.2) is 11.3 Å². The topological polar surface area (TPSA) is 47.8 Å². The lowest BCUT2D eigenvalue weighted by atomic mass is 9.76. The van der Waals surface area contributed by atoms with Crippen LogP contribution in [0.3, 0.4) is 0 Å². The van der Waals surface area contributed by atoms with Crippen molar-refractivity contribution in [1.29, 1.82) is 0 Å². The molecular formula is C20H21N3O. The van der Waals surface area contributed by atoms with Gasteiger partial charge in [0, 0.05) is 6.42 Å². The fourth-order valence-electron chi connectivity index (χ4n) is 3.29. The van der Waals surface area contributed by atoms with E-state index in [2.05, 4.69) is 28.3 Å². The van der Waals surface area contributed by atoms with Gasteiger partial charge in [-0.3, -0.25) is 4.79 Å². The molecule has 0 spiro atoms. The lowest BCUT2D eigenvalue weighted by Crippen LogP contribution is -2.45. The largest absolute Gasteiger partial charge is 0.296 e. The molecule has 0 saturated heterocycles. The summed E-state index contributed by atoms with van der Waals surface area (Å²) in [6, 6.07) is 16.0. The van der Waals surface area contributed by atoms with Gasteiger partial charge in [-0.1, -0.05) is 61.0 Å². The average Bonchev–Trinajstić information content (AvgIpc) is 3.14. The monoisotopic (exact) mass is 319 g/mol. The minimum absolute atomic E-state index is 0.0906. The molecule has 0 amide bonds. The molecule has 3 rings (SSSR count). The fourth-order valence-corrected chi connectivity index (χ4v) is 3.29. The Morgan fingerprint density at radius 3 is 2.50 bits per heavy atom. The van der Waals surface area contributed by atoms with Gasteiger partial charge in [0.1, 0.15) is 12.7 Å². The van der Waals surface area contributed by atoms with Gasteiger partial charge in [0.25, 0.3) is 0 Å². The van der Waals surface area contributed by atoms with Crippen molar-refractivity contribution in [2.75, 3.05) is 0 Å². The summed E-state index contributed by atoms with van der Waals surface area (Å²) in [5.74, 6) is 0.0906. The number of benzene rings is 2. The highest BCUT2D eigenvalue weighted by Gasteiger charge is 2.44. The summed E-state index contributed by atoms with van der Waals surface area (Å²) in [7, 11) is 0. The molecule has 3 aromatic rings. The molecule has 1 unspecified atom stereocenters. The highest BCUT2D eigenvalue weighted by molar-refractivity contribution is 5.94. The third kappa shape index (κ3) is 2.44. The molecule has 4 heteroatoms. The van der Waals surface area contributed by atoms with Crippen LogP contribution in [-0.4, -0.2) is 20.5 Å². The highest BCUT2D eigenvalue weighted by Crippen LogP contribution is 2.37. The van der Waals surface area contributed by atoms with Crippen LogP contribution in [0.1, 0.15) is 35.6 Å². The SMILES string of the molecule is CCC(=O)C(c1ccccc1)(c1cc(C)ccc1C)n1cncn1. The summed E-state index contributed by atoms with van der Waals surface area (Å²) < 4.78 is 1.69. The minimum atomic E-state index is -0.997. The van der Waals surface area contributed by atoms with E-state index in [0.717, 1.165) is 22.3 Å². The Bertz CT molecular complexity index is 841. The molecule has 1 aromatic heterocycles. The smallest absolute Gasteiger partial charge is 0.172 e. The number of aromatic nitrogens is 3. The molecule has 0 aliphatic rings. The molecule has 4 nitrogen and oxygen atoms in total. The van der Waals surface area contributed by atoms with Crippen LogP contribution in [0.2, 0.25) is 0 Å². The third-order valence-electron chi connectivity index (χ3n) is 4.46. The Morgan fingerprint density at radius 1 is 1.12 bits per heavy atom. The zero-order chi connectivity index (χ0) is 17.2. The second-order valence-corrected chi connectivity index (χ2v) is 6.01. The molecule has 0 radical (unpaired) electrons. The normalized spacial score (nSPS) is 13.5. The number of ketones is 1. The maximum absolute atomic E-state index is 13.3. The Hall–Kier alpha value is -2.75. The fraction of sp³-hybridized carbons (Fsp3) is 0.250. The molecule has 0 bridgehead atoms. The maximum Gasteiger partial charge on any atom is 0.172 e. The summed E-state index contributed by atoms with van der Waals surface area (Å²) in [6.07, 6.45) is 3.51. The second-order valence-electron chi connectivity index (χ2n) is 6.01. The number of carbonyl (C=O) groups is 1. The van der Waals surface area contributed by atoms with E-state index in [9.17, 15) is 4.79 Å². The zero-order valence-electron chi connectivity index (χ0n) is 14.2. The molecule has 122 valence electrons. The van der Waals surface area contributed by atoms with Gasteiger partial charge in [-0.15, -0.1) is 0 Å². The second kappa shape index (κ2) is 6.40. The van der Waals surface area contributed by atoms with Gasteiger partial charge in [0.05, 0.1) is 0 Å². The van der Waals surface area contributed by atoms with E-state index in [4.69, 9.17) is 0 Å². The number of rotatable bonds is 5. The number of aryl methyl sites for hydroxylation is 2. The van der Waals surface area contributed by atoms with Crippen molar-refractivity contribution < 1.29 is 4.79 Å². The van der Waals surface area contributed by atoms with Crippen molar-refractivity contribution in [2.24, 2.45) is 0 Å². The summed E-state index contributed by atoms with van der Waals surface area (Å²) in [6.45, 7) is 5.96. The molecule has 0 fully saturated rings. The van der Waals surface area contributed by atoms with E-state index in [0.29, 0.717) is 6.42 Å². The first-order valence-electron chi connectivity index (χ1n) is 8.12. The number of nitrogens with zero attached hydrogens (tertiary/aromatic N) is 3. The summed E-state index contributed by atoms with van der Waals surface area (Å²) >= 11 is 0. The first kappa shape index (κ1) is 16.1. The number of hydrogen-bond acceptors (Lipinski definition) is 3. The van der Waals surface area contributed by atoms with Crippen LogP contribution < -0.4 is 0 Å². The van der Waals surface area contributed by atoms with Crippen molar-refractivity contribution in [3.8, 4) is 0 Å². The predicted molar refractivity (Wildman–Crippen MR) is 93.9 cm³/mol. The third-order valence-corrected chi connectivity index (χ3v) is 4.46. The summed E-state index contributed by atoms with van der Waals surface area (Å²) in [4.78, 5) is 17.4. The van der Waals surface area contributed by atoms with Crippen LogP contribution in [0, 0.1) is 13.8 Å². The predicted octanol–water partition coefficient (Wildman–Crippen LogP) is 3.67. The maximum atomic E-state index is 13.3. The lowest BCUT2D eigenvalue weighted by Gasteiger charge is -2.34. The van der Waals surface area contributed by atoms with Crippen LogP contribution in [0.4, 0.5) is 0 Å². The van der Waals surface area contributed by atoms with Crippen molar-refractivity contribution in [3.05, 3.63) is 83.4 Å². The van der Waals surface area contributed by atoms with E-state index in [1.54, 1.807) is 11.0 Å². The van der Waals surface area contributed by atoms with Gasteiger partial charge in [0.2, 0.25) is 0 Å². The van der Waals surface area contributed by atoms with Crippen molar-refractivity contribution in [2.45, 2.75) is 32.7 Å². The van der Waals surface area contributed by atoms with Crippen LogP contribution in [-0.2, 0) is 10.3 Å². The molecule has 0 aliphatic carbocycles. The average molecular weight is 319 g/mol. The van der Waals surface area contributed by atoms with Gasteiger partial charge >= 0.3 is 0 Å². The van der Waals surface area contributed by atoms with E-state index in [1.165, 1.54) is 6.33 Å². The van der Waals surface area contributed by atoms with Crippen molar-refractivity contribution in [1.82, 2.24) is 14.8 Å². The molecule has 0 N–H and O–H groups in total. The van der Waals surface area contributed by atoms with E-state index < -0.39 is 5.54 Å². The Morgan fingerprint density at radius 2 is 1.88 bits per heavy atom. The van der Waals surface area contributed by atoms with E-state index >= 15 is 0 Å². The van der Waals surface area contributed by atoms with Crippen LogP contribution in [0.25, 0.3) is 0 Å². The zero-order valence-corrected chi connectivity index (χ0v) is 14.2. The molecule has 2 aromatic carbocycles. The standard InChI is InChI=1S/C20H21N3O/c1-4-19(24)20(23-14-21-13-22-23,17-8-6-5-7-9-17)18-12-15(2)10-11-16(18)3/h5-14H,4H2,1-3H3. The Kier molecular flexibility index (Phi) is 4.30. The first-order chi connectivity index (χ1) is 11.6. The molecule has 1 atom stereocenters. The summed E-state index contributed by atoms with van der Waals surface area (Å²) in [5.41, 5.74) is 3.02. The lowest BCUT2D eigenvalue weighted by molar-refractivity contribution is -0.124. The van der Waals surface area contributed by atoms with Gasteiger partial charge < -0.3 is 0 Å². The van der Waals surface area contributed by atoms with E-state index in [-0.39, 0.29) is 5.78 Å². The molecule has 0 aliphatic heterocycles. The van der Waals surface area contributed by atoms with E-state index in [1.807, 2.05) is 51.1 Å². The van der Waals surface area contributed by atoms with Crippen molar-refractivity contribution in [3.63, 3.8) is 0 Å². The molecular weight excluding hydrogens is 298 g/mol. The van der Waals surface area contributed by atoms with Crippen LogP contribution in [0.15, 0.2) is 61.2 Å². The molecule has 1 heterocycles. The number of carbonyl (C=O) groups excluding carboxylic acids is 1. The van der Waals surface area contributed by atoms with Gasteiger partial charge in [-0.25, -0.2) is 9.67 Å². The molecule has 24 heavy (non-hydrogen) atoms. The van der Waals surface area contributed by atoms with Crippen LogP contribution >= 0.6 is 0 Å². The summed E-state index contributed by atoms with van der Waals surface area (Å²) in [5, 5.41) is 4.37. The highest BCUT2D eigenvalue weighted by atomic mass is 16.1. The van der Waals surface area contributed by atoms with Gasteiger partial charge in [-0.05, 0) is 30.5 Å². The first-order valence-corrected chi connectivity index (χ1v) is 8.12. The Balaban J connectivity index is 2.43. The quantitative estimate of drug-likeness (QED) is 0.721. The van der Waals surface area contributed by atoms with Gasteiger partial charge in [-0.2, -0.15) is 5.10 Å².